The summed E-state index contributed by atoms with van der Waals surface area (Å²) in [6.07, 6.45) is 6.70. The van der Waals surface area contributed by atoms with Gasteiger partial charge in [0.15, 0.2) is 0 Å². The first-order chi connectivity index (χ1) is 7.68. The van der Waals surface area contributed by atoms with Gasteiger partial charge in [0.2, 0.25) is 0 Å². The van der Waals surface area contributed by atoms with E-state index in [-0.39, 0.29) is 3.61 Å². The quantitative estimate of drug-likeness (QED) is 0.581. The number of allylic oxidation sites excluding steroid dienone is 2. The van der Waals surface area contributed by atoms with Crippen molar-refractivity contribution in [2.45, 2.75) is 16.6 Å². The Bertz CT molecular complexity index is 413. The van der Waals surface area contributed by atoms with Crippen LogP contribution in [-0.2, 0) is 11.3 Å². The second-order valence-electron chi connectivity index (χ2n) is 3.69. The van der Waals surface area contributed by atoms with Gasteiger partial charge >= 0.3 is 0 Å². The molecule has 1 aliphatic carbocycles. The molecule has 16 heavy (non-hydrogen) atoms. The van der Waals surface area contributed by atoms with E-state index in [2.05, 4.69) is 34.7 Å². The van der Waals surface area contributed by atoms with Gasteiger partial charge in [-0.15, -0.1) is 0 Å². The minimum Gasteiger partial charge on any atom is -0.356 e. The van der Waals surface area contributed by atoms with Crippen LogP contribution in [0.1, 0.15) is 12.0 Å². The number of alkyl halides is 1. The maximum Gasteiger partial charge on any atom is 0.141 e. The standard InChI is InChI=1S/C13H12ClIO/c14-12-6-8-13(15,9-7-12)16-10-11-4-2-1-3-5-11/h1-8H,9-10H2. The summed E-state index contributed by atoms with van der Waals surface area (Å²) >= 11 is 8.19. The molecule has 1 aromatic carbocycles. The van der Waals surface area contributed by atoms with Gasteiger partial charge < -0.3 is 4.74 Å². The first-order valence-electron chi connectivity index (χ1n) is 5.10. The van der Waals surface area contributed by atoms with Crippen molar-refractivity contribution < 1.29 is 4.74 Å². The van der Waals surface area contributed by atoms with Crippen molar-refractivity contribution in [3.8, 4) is 0 Å². The van der Waals surface area contributed by atoms with E-state index < -0.39 is 0 Å². The van der Waals surface area contributed by atoms with Crippen molar-refractivity contribution in [1.29, 1.82) is 0 Å². The van der Waals surface area contributed by atoms with Crippen LogP contribution in [0, 0.1) is 0 Å². The fraction of sp³-hybridized carbons (Fsp3) is 0.231. The van der Waals surface area contributed by atoms with Crippen LogP contribution in [0.4, 0.5) is 0 Å². The lowest BCUT2D eigenvalue weighted by molar-refractivity contribution is 0.0606. The predicted octanol–water partition coefficient (Wildman–Crippen LogP) is 4.42. The van der Waals surface area contributed by atoms with Crippen molar-refractivity contribution in [2.24, 2.45) is 0 Å². The normalized spacial score (nSPS) is 24.2. The lowest BCUT2D eigenvalue weighted by Gasteiger charge is -2.25. The highest BCUT2D eigenvalue weighted by Crippen LogP contribution is 2.33. The van der Waals surface area contributed by atoms with Crippen LogP contribution in [0.5, 0.6) is 0 Å². The fourth-order valence-corrected chi connectivity index (χ4v) is 2.16. The molecule has 0 fully saturated rings. The first kappa shape index (κ1) is 12.1. The highest BCUT2D eigenvalue weighted by atomic mass is 127. The van der Waals surface area contributed by atoms with Crippen LogP contribution in [-0.4, -0.2) is 3.61 Å². The molecule has 1 nitrogen and oxygen atoms in total. The highest BCUT2D eigenvalue weighted by Gasteiger charge is 2.25. The van der Waals surface area contributed by atoms with Gasteiger partial charge in [-0.2, -0.15) is 0 Å². The molecule has 2 rings (SSSR count). The maximum absolute atomic E-state index is 5.90. The Morgan fingerprint density at radius 2 is 2.06 bits per heavy atom. The fourth-order valence-electron chi connectivity index (χ4n) is 1.46. The Morgan fingerprint density at radius 3 is 2.69 bits per heavy atom. The second kappa shape index (κ2) is 5.34. The van der Waals surface area contributed by atoms with Gasteiger partial charge in [0.05, 0.1) is 6.61 Å². The van der Waals surface area contributed by atoms with Crippen molar-refractivity contribution in [2.75, 3.05) is 0 Å². The van der Waals surface area contributed by atoms with Crippen molar-refractivity contribution in [1.82, 2.24) is 0 Å². The minimum absolute atomic E-state index is 0.258. The summed E-state index contributed by atoms with van der Waals surface area (Å²) < 4.78 is 5.64. The van der Waals surface area contributed by atoms with Crippen molar-refractivity contribution >= 4 is 34.2 Å². The second-order valence-corrected chi connectivity index (χ2v) is 5.95. The highest BCUT2D eigenvalue weighted by molar-refractivity contribution is 14.1. The van der Waals surface area contributed by atoms with Crippen molar-refractivity contribution in [3.63, 3.8) is 0 Å². The van der Waals surface area contributed by atoms with E-state index in [9.17, 15) is 0 Å². The van der Waals surface area contributed by atoms with Gasteiger partial charge in [-0.05, 0) is 40.3 Å². The lowest BCUT2D eigenvalue weighted by Crippen LogP contribution is -2.22. The summed E-state index contributed by atoms with van der Waals surface area (Å²) in [7, 11) is 0. The summed E-state index contributed by atoms with van der Waals surface area (Å²) in [4.78, 5) is 0. The summed E-state index contributed by atoms with van der Waals surface area (Å²) in [6.45, 7) is 0.625. The van der Waals surface area contributed by atoms with Gasteiger partial charge in [-0.1, -0.05) is 48.0 Å². The van der Waals surface area contributed by atoms with Crippen LogP contribution in [0.3, 0.4) is 0 Å². The van der Waals surface area contributed by atoms with Crippen LogP contribution in [0.15, 0.2) is 53.6 Å². The summed E-state index contributed by atoms with van der Waals surface area (Å²) in [5.41, 5.74) is 1.19. The average Bonchev–Trinajstić information content (AvgIpc) is 2.33. The van der Waals surface area contributed by atoms with Gasteiger partial charge in [-0.3, -0.25) is 0 Å². The molecule has 0 aromatic heterocycles. The number of rotatable bonds is 3. The third-order valence-electron chi connectivity index (χ3n) is 2.39. The summed E-state index contributed by atoms with van der Waals surface area (Å²) in [5.74, 6) is 0. The van der Waals surface area contributed by atoms with E-state index in [1.54, 1.807) is 0 Å². The van der Waals surface area contributed by atoms with E-state index in [0.29, 0.717) is 6.61 Å². The van der Waals surface area contributed by atoms with Crippen LogP contribution in [0.25, 0.3) is 0 Å². The van der Waals surface area contributed by atoms with Crippen LogP contribution in [0.2, 0.25) is 0 Å². The molecule has 0 saturated carbocycles. The molecule has 0 amide bonds. The number of halogens is 2. The number of hydrogen-bond donors (Lipinski definition) is 0. The molecule has 0 heterocycles. The molecule has 0 spiro atoms. The number of benzene rings is 1. The zero-order valence-corrected chi connectivity index (χ0v) is 11.6. The minimum atomic E-state index is -0.258. The van der Waals surface area contributed by atoms with E-state index >= 15 is 0 Å². The first-order valence-corrected chi connectivity index (χ1v) is 6.55. The number of ether oxygens (including phenoxy) is 1. The molecule has 0 saturated heterocycles. The predicted molar refractivity (Wildman–Crippen MR) is 75.7 cm³/mol. The maximum atomic E-state index is 5.90. The van der Waals surface area contributed by atoms with Gasteiger partial charge in [0.25, 0.3) is 0 Å². The van der Waals surface area contributed by atoms with Gasteiger partial charge in [-0.25, -0.2) is 0 Å². The monoisotopic (exact) mass is 346 g/mol. The van der Waals surface area contributed by atoms with Crippen molar-refractivity contribution in [3.05, 3.63) is 59.2 Å². The van der Waals surface area contributed by atoms with E-state index in [1.165, 1.54) is 5.56 Å². The lowest BCUT2D eigenvalue weighted by atomic mass is 10.1. The molecular weight excluding hydrogens is 334 g/mol. The Balaban J connectivity index is 1.94. The van der Waals surface area contributed by atoms with E-state index in [1.807, 2.05) is 36.4 Å². The summed E-state index contributed by atoms with van der Waals surface area (Å²) in [5, 5.41) is 0.788. The average molecular weight is 347 g/mol. The molecule has 0 radical (unpaired) electrons. The topological polar surface area (TPSA) is 9.23 Å². The molecule has 3 heteroatoms. The van der Waals surface area contributed by atoms with Crippen LogP contribution >= 0.6 is 34.2 Å². The molecule has 0 N–H and O–H groups in total. The Morgan fingerprint density at radius 1 is 1.31 bits per heavy atom. The molecule has 1 aromatic rings. The molecule has 1 unspecified atom stereocenters. The van der Waals surface area contributed by atoms with E-state index in [0.717, 1.165) is 11.5 Å². The van der Waals surface area contributed by atoms with Crippen LogP contribution < -0.4 is 0 Å². The van der Waals surface area contributed by atoms with Gasteiger partial charge in [0, 0.05) is 11.5 Å². The molecule has 0 aliphatic heterocycles. The Hall–Kier alpha value is -0.320. The molecular formula is C13H12ClIO. The molecule has 0 bridgehead atoms. The molecule has 1 aliphatic rings. The smallest absolute Gasteiger partial charge is 0.141 e. The van der Waals surface area contributed by atoms with Gasteiger partial charge in [0.1, 0.15) is 3.61 Å². The largest absolute Gasteiger partial charge is 0.356 e. The summed E-state index contributed by atoms with van der Waals surface area (Å²) in [6, 6.07) is 10.2. The molecule has 84 valence electrons. The number of hydrogen-bond acceptors (Lipinski definition) is 1. The third-order valence-corrected chi connectivity index (χ3v) is 3.78. The Kier molecular flexibility index (Phi) is 4.05. The zero-order chi connectivity index (χ0) is 11.4. The SMILES string of the molecule is ClC1=CCC(I)(OCc2ccccc2)C=C1. The molecule has 1 atom stereocenters. The van der Waals surface area contributed by atoms with E-state index in [4.69, 9.17) is 16.3 Å². The third kappa shape index (κ3) is 3.34. The Labute approximate surface area is 114 Å². The zero-order valence-electron chi connectivity index (χ0n) is 8.70.